The molecule has 21 heavy (non-hydrogen) atoms. The highest BCUT2D eigenvalue weighted by atomic mass is 16.5. The summed E-state index contributed by atoms with van der Waals surface area (Å²) >= 11 is 0. The number of methoxy groups -OCH3 is 1. The molecule has 6 heteroatoms. The highest BCUT2D eigenvalue weighted by Gasteiger charge is 2.23. The van der Waals surface area contributed by atoms with E-state index >= 15 is 0 Å². The van der Waals surface area contributed by atoms with E-state index in [0.717, 1.165) is 18.8 Å². The fraction of sp³-hybridized carbons (Fsp3) is 0.533. The molecule has 0 spiro atoms. The van der Waals surface area contributed by atoms with E-state index < -0.39 is 0 Å². The van der Waals surface area contributed by atoms with Crippen LogP contribution in [0.4, 0.5) is 0 Å². The molecule has 1 saturated heterocycles. The number of hydrogen-bond donors (Lipinski definition) is 0. The molecule has 1 aromatic rings. The Bertz CT molecular complexity index is 511. The van der Waals surface area contributed by atoms with Crippen LogP contribution in [0, 0.1) is 6.92 Å². The van der Waals surface area contributed by atoms with Crippen molar-refractivity contribution in [1.29, 1.82) is 0 Å². The minimum absolute atomic E-state index is 0.0354. The molecule has 0 unspecified atom stereocenters. The Kier molecular flexibility index (Phi) is 5.27. The third-order valence-electron chi connectivity index (χ3n) is 3.76. The van der Waals surface area contributed by atoms with Crippen LogP contribution in [0.2, 0.25) is 0 Å². The van der Waals surface area contributed by atoms with Crippen LogP contribution in [-0.2, 0) is 9.53 Å². The van der Waals surface area contributed by atoms with Gasteiger partial charge in [0.2, 0.25) is 0 Å². The van der Waals surface area contributed by atoms with Crippen LogP contribution in [0.15, 0.2) is 18.3 Å². The average molecular weight is 291 g/mol. The van der Waals surface area contributed by atoms with Gasteiger partial charge in [-0.3, -0.25) is 19.5 Å². The minimum atomic E-state index is -0.195. The molecule has 2 heterocycles. The van der Waals surface area contributed by atoms with Gasteiger partial charge in [0.15, 0.2) is 0 Å². The van der Waals surface area contributed by atoms with Gasteiger partial charge in [0.1, 0.15) is 0 Å². The summed E-state index contributed by atoms with van der Waals surface area (Å²) in [6.45, 7) is 5.44. The summed E-state index contributed by atoms with van der Waals surface area (Å²) < 4.78 is 4.63. The number of nitrogens with zero attached hydrogens (tertiary/aromatic N) is 3. The summed E-state index contributed by atoms with van der Waals surface area (Å²) in [6, 6.07) is 3.60. The number of esters is 1. The van der Waals surface area contributed by atoms with Gasteiger partial charge in [0.05, 0.1) is 19.1 Å². The maximum atomic E-state index is 12.4. The van der Waals surface area contributed by atoms with Crippen LogP contribution in [-0.4, -0.2) is 66.5 Å². The zero-order valence-corrected chi connectivity index (χ0v) is 12.5. The standard InChI is InChI=1S/C15H21N3O3/c1-12-13(4-3-6-16-12)15(20)18-10-8-17(9-11-18)7-5-14(19)21-2/h3-4,6H,5,7-11H2,1-2H3. The van der Waals surface area contributed by atoms with Crippen molar-refractivity contribution in [2.75, 3.05) is 39.8 Å². The zero-order chi connectivity index (χ0) is 15.2. The van der Waals surface area contributed by atoms with Gasteiger partial charge in [-0.2, -0.15) is 0 Å². The molecule has 1 amide bonds. The molecule has 1 aromatic heterocycles. The monoisotopic (exact) mass is 291 g/mol. The van der Waals surface area contributed by atoms with Crippen LogP contribution in [0.3, 0.4) is 0 Å². The molecule has 0 bridgehead atoms. The van der Waals surface area contributed by atoms with Gasteiger partial charge in [-0.05, 0) is 19.1 Å². The Morgan fingerprint density at radius 2 is 2.00 bits per heavy atom. The van der Waals surface area contributed by atoms with Crippen molar-refractivity contribution in [3.05, 3.63) is 29.6 Å². The van der Waals surface area contributed by atoms with E-state index in [9.17, 15) is 9.59 Å². The summed E-state index contributed by atoms with van der Waals surface area (Å²) in [5.41, 5.74) is 1.43. The first-order chi connectivity index (χ1) is 10.1. The molecule has 1 aliphatic heterocycles. The SMILES string of the molecule is COC(=O)CCN1CCN(C(=O)c2cccnc2C)CC1. The summed E-state index contributed by atoms with van der Waals surface area (Å²) in [5, 5.41) is 0. The first kappa shape index (κ1) is 15.4. The molecule has 0 N–H and O–H groups in total. The smallest absolute Gasteiger partial charge is 0.306 e. The molecule has 0 aromatic carbocycles. The molecule has 114 valence electrons. The first-order valence-electron chi connectivity index (χ1n) is 7.12. The number of aromatic nitrogens is 1. The molecule has 0 aliphatic carbocycles. The van der Waals surface area contributed by atoms with E-state index in [1.54, 1.807) is 12.3 Å². The third-order valence-corrected chi connectivity index (χ3v) is 3.76. The Balaban J connectivity index is 1.85. The zero-order valence-electron chi connectivity index (χ0n) is 12.5. The number of ether oxygens (including phenoxy) is 1. The lowest BCUT2D eigenvalue weighted by molar-refractivity contribution is -0.141. The maximum absolute atomic E-state index is 12.4. The molecular weight excluding hydrogens is 270 g/mol. The van der Waals surface area contributed by atoms with Gasteiger partial charge in [-0.15, -0.1) is 0 Å². The predicted molar refractivity (Wildman–Crippen MR) is 78.0 cm³/mol. The molecule has 1 fully saturated rings. The van der Waals surface area contributed by atoms with Crippen LogP contribution in [0.25, 0.3) is 0 Å². The number of pyridine rings is 1. The largest absolute Gasteiger partial charge is 0.469 e. The quantitative estimate of drug-likeness (QED) is 0.765. The Morgan fingerprint density at radius 1 is 1.29 bits per heavy atom. The molecular formula is C15H21N3O3. The topological polar surface area (TPSA) is 62.7 Å². The van der Waals surface area contributed by atoms with Crippen molar-refractivity contribution in [2.24, 2.45) is 0 Å². The summed E-state index contributed by atoms with van der Waals surface area (Å²) in [4.78, 5) is 31.7. The second kappa shape index (κ2) is 7.17. The van der Waals surface area contributed by atoms with E-state index in [-0.39, 0.29) is 11.9 Å². The van der Waals surface area contributed by atoms with E-state index in [2.05, 4.69) is 14.6 Å². The normalized spacial score (nSPS) is 15.8. The second-order valence-corrected chi connectivity index (χ2v) is 5.10. The highest BCUT2D eigenvalue weighted by molar-refractivity contribution is 5.95. The van der Waals surface area contributed by atoms with Crippen LogP contribution >= 0.6 is 0 Å². The van der Waals surface area contributed by atoms with E-state index in [0.29, 0.717) is 31.6 Å². The lowest BCUT2D eigenvalue weighted by Gasteiger charge is -2.34. The van der Waals surface area contributed by atoms with Crippen LogP contribution in [0.1, 0.15) is 22.5 Å². The predicted octanol–water partition coefficient (Wildman–Crippen LogP) is 0.711. The van der Waals surface area contributed by atoms with Gasteiger partial charge < -0.3 is 9.64 Å². The number of piperazine rings is 1. The summed E-state index contributed by atoms with van der Waals surface area (Å²) in [7, 11) is 1.40. The number of aryl methyl sites for hydroxylation is 1. The number of hydrogen-bond acceptors (Lipinski definition) is 5. The van der Waals surface area contributed by atoms with Crippen molar-refractivity contribution in [1.82, 2.24) is 14.8 Å². The van der Waals surface area contributed by atoms with E-state index in [4.69, 9.17) is 0 Å². The lowest BCUT2D eigenvalue weighted by atomic mass is 10.1. The number of amides is 1. The second-order valence-electron chi connectivity index (χ2n) is 5.10. The average Bonchev–Trinajstić information content (AvgIpc) is 2.53. The molecule has 0 saturated carbocycles. The van der Waals surface area contributed by atoms with E-state index in [1.165, 1.54) is 7.11 Å². The minimum Gasteiger partial charge on any atom is -0.469 e. The number of carbonyl (C=O) groups is 2. The highest BCUT2D eigenvalue weighted by Crippen LogP contribution is 2.11. The van der Waals surface area contributed by atoms with Crippen LogP contribution in [0.5, 0.6) is 0 Å². The summed E-state index contributed by atoms with van der Waals surface area (Å²) in [5.74, 6) is -0.160. The van der Waals surface area contributed by atoms with Crippen molar-refractivity contribution in [2.45, 2.75) is 13.3 Å². The van der Waals surface area contributed by atoms with Crippen molar-refractivity contribution in [3.8, 4) is 0 Å². The van der Waals surface area contributed by atoms with Gasteiger partial charge >= 0.3 is 5.97 Å². The molecule has 0 radical (unpaired) electrons. The van der Waals surface area contributed by atoms with E-state index in [1.807, 2.05) is 17.9 Å². The molecule has 6 nitrogen and oxygen atoms in total. The van der Waals surface area contributed by atoms with Gasteiger partial charge in [-0.25, -0.2) is 0 Å². The Hall–Kier alpha value is -1.95. The summed E-state index contributed by atoms with van der Waals surface area (Å²) in [6.07, 6.45) is 2.09. The number of rotatable bonds is 4. The Labute approximate surface area is 124 Å². The lowest BCUT2D eigenvalue weighted by Crippen LogP contribution is -2.49. The first-order valence-corrected chi connectivity index (χ1v) is 7.12. The number of carbonyl (C=O) groups excluding carboxylic acids is 2. The molecule has 1 aliphatic rings. The van der Waals surface area contributed by atoms with Gasteiger partial charge in [0, 0.05) is 44.6 Å². The fourth-order valence-electron chi connectivity index (χ4n) is 2.41. The van der Waals surface area contributed by atoms with Gasteiger partial charge in [-0.1, -0.05) is 0 Å². The maximum Gasteiger partial charge on any atom is 0.306 e. The Morgan fingerprint density at radius 3 is 2.62 bits per heavy atom. The van der Waals surface area contributed by atoms with Crippen molar-refractivity contribution in [3.63, 3.8) is 0 Å². The third kappa shape index (κ3) is 4.01. The van der Waals surface area contributed by atoms with Crippen molar-refractivity contribution >= 4 is 11.9 Å². The molecule has 2 rings (SSSR count). The van der Waals surface area contributed by atoms with Crippen molar-refractivity contribution < 1.29 is 14.3 Å². The molecule has 0 atom stereocenters. The fourth-order valence-corrected chi connectivity index (χ4v) is 2.41. The van der Waals surface area contributed by atoms with Crippen LogP contribution < -0.4 is 0 Å². The van der Waals surface area contributed by atoms with Gasteiger partial charge in [0.25, 0.3) is 5.91 Å².